The second-order valence-electron chi connectivity index (χ2n) is 6.42. The van der Waals surface area contributed by atoms with Crippen LogP contribution in [0.25, 0.3) is 0 Å². The first-order valence-electron chi connectivity index (χ1n) is 8.98. The molecule has 3 rings (SSSR count). The van der Waals surface area contributed by atoms with Crippen molar-refractivity contribution in [3.63, 3.8) is 0 Å². The quantitative estimate of drug-likeness (QED) is 0.595. The number of anilines is 3. The van der Waals surface area contributed by atoms with Gasteiger partial charge in [-0.15, -0.1) is 0 Å². The number of nitrogens with one attached hydrogen (secondary N) is 3. The standard InChI is InChI=1S/C22H22N4O2/c1-15(17-6-4-3-5-7-17)24-21-14-18(12-13-23-21)22(28)26-20-10-8-19(9-11-20)25-16(2)27/h3-15H,1-2H3,(H,23,24)(H,25,27)(H,26,28). The van der Waals surface area contributed by atoms with E-state index >= 15 is 0 Å². The first kappa shape index (κ1) is 19.1. The molecule has 1 atom stereocenters. The smallest absolute Gasteiger partial charge is 0.255 e. The zero-order valence-corrected chi connectivity index (χ0v) is 15.8. The third-order valence-corrected chi connectivity index (χ3v) is 4.15. The molecule has 28 heavy (non-hydrogen) atoms. The lowest BCUT2D eigenvalue weighted by atomic mass is 10.1. The van der Waals surface area contributed by atoms with E-state index in [1.165, 1.54) is 6.92 Å². The van der Waals surface area contributed by atoms with Gasteiger partial charge in [-0.25, -0.2) is 4.98 Å². The Labute approximate surface area is 164 Å². The Hall–Kier alpha value is -3.67. The van der Waals surface area contributed by atoms with Crippen molar-refractivity contribution in [2.45, 2.75) is 19.9 Å². The van der Waals surface area contributed by atoms with Crippen LogP contribution in [0.2, 0.25) is 0 Å². The summed E-state index contributed by atoms with van der Waals surface area (Å²) in [6, 6.07) is 20.4. The normalized spacial score (nSPS) is 11.4. The highest BCUT2D eigenvalue weighted by Crippen LogP contribution is 2.19. The minimum absolute atomic E-state index is 0.0633. The lowest BCUT2D eigenvalue weighted by Crippen LogP contribution is -2.14. The van der Waals surface area contributed by atoms with Crippen molar-refractivity contribution in [1.29, 1.82) is 0 Å². The lowest BCUT2D eigenvalue weighted by molar-refractivity contribution is -0.114. The largest absolute Gasteiger partial charge is 0.364 e. The summed E-state index contributed by atoms with van der Waals surface area (Å²) in [7, 11) is 0. The fraction of sp³-hybridized carbons (Fsp3) is 0.136. The van der Waals surface area contributed by atoms with Crippen molar-refractivity contribution in [2.24, 2.45) is 0 Å². The Morgan fingerprint density at radius 3 is 2.18 bits per heavy atom. The predicted molar refractivity (Wildman–Crippen MR) is 111 cm³/mol. The van der Waals surface area contributed by atoms with Crippen LogP contribution in [0.4, 0.5) is 17.2 Å². The van der Waals surface area contributed by atoms with Crippen LogP contribution in [0, 0.1) is 0 Å². The van der Waals surface area contributed by atoms with Crippen molar-refractivity contribution in [2.75, 3.05) is 16.0 Å². The van der Waals surface area contributed by atoms with Gasteiger partial charge in [-0.05, 0) is 48.9 Å². The number of aromatic nitrogens is 1. The molecular weight excluding hydrogens is 352 g/mol. The second kappa shape index (κ2) is 8.81. The minimum atomic E-state index is -0.231. The van der Waals surface area contributed by atoms with Crippen LogP contribution in [0.15, 0.2) is 72.9 Å². The summed E-state index contributed by atoms with van der Waals surface area (Å²) in [4.78, 5) is 27.9. The Balaban J connectivity index is 1.66. The molecule has 1 unspecified atom stereocenters. The molecule has 2 amide bonds. The number of amides is 2. The molecule has 0 aliphatic carbocycles. The first-order valence-corrected chi connectivity index (χ1v) is 8.98. The number of carbonyl (C=O) groups is 2. The van der Waals surface area contributed by atoms with Gasteiger partial charge >= 0.3 is 0 Å². The average molecular weight is 374 g/mol. The zero-order valence-electron chi connectivity index (χ0n) is 15.8. The van der Waals surface area contributed by atoms with Gasteiger partial charge in [0.15, 0.2) is 0 Å². The molecule has 3 aromatic rings. The SMILES string of the molecule is CC(=O)Nc1ccc(NC(=O)c2ccnc(NC(C)c3ccccc3)c2)cc1. The van der Waals surface area contributed by atoms with E-state index in [1.807, 2.05) is 37.3 Å². The van der Waals surface area contributed by atoms with Crippen LogP contribution in [0.1, 0.15) is 35.8 Å². The van der Waals surface area contributed by atoms with E-state index in [0.717, 1.165) is 5.56 Å². The monoisotopic (exact) mass is 374 g/mol. The van der Waals surface area contributed by atoms with Crippen molar-refractivity contribution in [1.82, 2.24) is 4.98 Å². The number of benzene rings is 2. The summed E-state index contributed by atoms with van der Waals surface area (Å²) in [5.41, 5.74) is 2.96. The molecule has 6 heteroatoms. The maximum atomic E-state index is 12.5. The Kier molecular flexibility index (Phi) is 6.01. The van der Waals surface area contributed by atoms with Gasteiger partial charge in [-0.3, -0.25) is 9.59 Å². The Morgan fingerprint density at radius 1 is 0.893 bits per heavy atom. The first-order chi connectivity index (χ1) is 13.5. The second-order valence-corrected chi connectivity index (χ2v) is 6.42. The van der Waals surface area contributed by atoms with Crippen LogP contribution >= 0.6 is 0 Å². The number of pyridine rings is 1. The van der Waals surface area contributed by atoms with Crippen LogP contribution in [-0.2, 0) is 4.79 Å². The molecule has 0 fully saturated rings. The number of carbonyl (C=O) groups excluding carboxylic acids is 2. The van der Waals surface area contributed by atoms with E-state index in [0.29, 0.717) is 22.8 Å². The van der Waals surface area contributed by atoms with E-state index in [2.05, 4.69) is 20.9 Å². The van der Waals surface area contributed by atoms with Gasteiger partial charge in [-0.2, -0.15) is 0 Å². The van der Waals surface area contributed by atoms with Crippen molar-refractivity contribution < 1.29 is 9.59 Å². The molecule has 0 saturated heterocycles. The van der Waals surface area contributed by atoms with Crippen molar-refractivity contribution in [3.05, 3.63) is 84.1 Å². The third kappa shape index (κ3) is 5.17. The van der Waals surface area contributed by atoms with Gasteiger partial charge in [0.1, 0.15) is 5.82 Å². The lowest BCUT2D eigenvalue weighted by Gasteiger charge is -2.15. The van der Waals surface area contributed by atoms with Gasteiger partial charge in [0.25, 0.3) is 5.91 Å². The van der Waals surface area contributed by atoms with E-state index in [9.17, 15) is 9.59 Å². The molecule has 1 aromatic heterocycles. The fourth-order valence-corrected chi connectivity index (χ4v) is 2.74. The average Bonchev–Trinajstić information content (AvgIpc) is 2.70. The van der Waals surface area contributed by atoms with Gasteiger partial charge in [-0.1, -0.05) is 30.3 Å². The summed E-state index contributed by atoms with van der Waals surface area (Å²) >= 11 is 0. The third-order valence-electron chi connectivity index (χ3n) is 4.15. The molecule has 6 nitrogen and oxygen atoms in total. The molecule has 142 valence electrons. The molecule has 0 saturated carbocycles. The van der Waals surface area contributed by atoms with Gasteiger partial charge in [0.2, 0.25) is 5.91 Å². The maximum absolute atomic E-state index is 12.5. The molecule has 3 N–H and O–H groups in total. The zero-order chi connectivity index (χ0) is 19.9. The van der Waals surface area contributed by atoms with Crippen molar-refractivity contribution >= 4 is 29.0 Å². The van der Waals surface area contributed by atoms with E-state index < -0.39 is 0 Å². The van der Waals surface area contributed by atoms with E-state index in [-0.39, 0.29) is 17.9 Å². The highest BCUT2D eigenvalue weighted by molar-refractivity contribution is 6.04. The van der Waals surface area contributed by atoms with Crippen LogP contribution < -0.4 is 16.0 Å². The predicted octanol–water partition coefficient (Wildman–Crippen LogP) is 4.47. The van der Waals surface area contributed by atoms with E-state index in [4.69, 9.17) is 0 Å². The Morgan fingerprint density at radius 2 is 1.54 bits per heavy atom. The number of rotatable bonds is 6. The van der Waals surface area contributed by atoms with Crippen LogP contribution in [-0.4, -0.2) is 16.8 Å². The summed E-state index contributed by atoms with van der Waals surface area (Å²) in [6.45, 7) is 3.49. The summed E-state index contributed by atoms with van der Waals surface area (Å²) < 4.78 is 0. The topological polar surface area (TPSA) is 83.1 Å². The fourth-order valence-electron chi connectivity index (χ4n) is 2.74. The van der Waals surface area contributed by atoms with E-state index in [1.54, 1.807) is 42.6 Å². The van der Waals surface area contributed by atoms with Gasteiger partial charge in [0.05, 0.1) is 0 Å². The molecule has 0 aliphatic heterocycles. The number of hydrogen-bond donors (Lipinski definition) is 3. The molecular formula is C22H22N4O2. The molecule has 0 radical (unpaired) electrons. The number of nitrogens with zero attached hydrogens (tertiary/aromatic N) is 1. The van der Waals surface area contributed by atoms with Crippen LogP contribution in [0.5, 0.6) is 0 Å². The molecule has 0 bridgehead atoms. The maximum Gasteiger partial charge on any atom is 0.255 e. The van der Waals surface area contributed by atoms with Gasteiger partial charge < -0.3 is 16.0 Å². The highest BCUT2D eigenvalue weighted by Gasteiger charge is 2.10. The molecule has 2 aromatic carbocycles. The van der Waals surface area contributed by atoms with Crippen molar-refractivity contribution in [3.8, 4) is 0 Å². The van der Waals surface area contributed by atoms with Gasteiger partial charge in [0, 0.05) is 36.1 Å². The highest BCUT2D eigenvalue weighted by atomic mass is 16.2. The minimum Gasteiger partial charge on any atom is -0.364 e. The summed E-state index contributed by atoms with van der Waals surface area (Å²) in [5, 5.41) is 8.84. The number of hydrogen-bond acceptors (Lipinski definition) is 4. The summed E-state index contributed by atoms with van der Waals surface area (Å²) in [6.07, 6.45) is 1.61. The van der Waals surface area contributed by atoms with Crippen LogP contribution in [0.3, 0.4) is 0 Å². The molecule has 0 spiro atoms. The Bertz CT molecular complexity index is 956. The summed E-state index contributed by atoms with van der Waals surface area (Å²) in [5.74, 6) is 0.258. The molecule has 0 aliphatic rings. The molecule has 1 heterocycles.